The number of nitroso groups, excluding NO2 is 1. The lowest BCUT2D eigenvalue weighted by molar-refractivity contribution is -0.540. The van der Waals surface area contributed by atoms with Gasteiger partial charge in [-0.25, -0.2) is 0 Å². The van der Waals surface area contributed by atoms with E-state index in [0.29, 0.717) is 5.70 Å². The Kier molecular flexibility index (Phi) is 2.07. The Morgan fingerprint density at radius 3 is 3.00 bits per heavy atom. The van der Waals surface area contributed by atoms with Gasteiger partial charge in [-0.2, -0.15) is 0 Å². The SMILES string of the molecule is CC1=C[N+](=O)C2CCCCC2N1[O-]. The second kappa shape index (κ2) is 3.10. The van der Waals surface area contributed by atoms with Gasteiger partial charge in [-0.1, -0.05) is 6.42 Å². The molecule has 1 fully saturated rings. The molecule has 0 aromatic heterocycles. The molecule has 0 radical (unpaired) electrons. The number of hydrogen-bond acceptors (Lipinski definition) is 3. The van der Waals surface area contributed by atoms with E-state index in [0.717, 1.165) is 35.5 Å². The van der Waals surface area contributed by atoms with Crippen molar-refractivity contribution in [3.05, 3.63) is 22.0 Å². The van der Waals surface area contributed by atoms with E-state index >= 15 is 0 Å². The predicted octanol–water partition coefficient (Wildman–Crippen LogP) is 1.75. The maximum absolute atomic E-state index is 11.6. The highest BCUT2D eigenvalue weighted by Crippen LogP contribution is 2.30. The fourth-order valence-electron chi connectivity index (χ4n) is 2.26. The first-order chi connectivity index (χ1) is 6.20. The summed E-state index contributed by atoms with van der Waals surface area (Å²) in [4.78, 5) is 11.5. The minimum Gasteiger partial charge on any atom is -0.758 e. The van der Waals surface area contributed by atoms with E-state index in [2.05, 4.69) is 0 Å². The van der Waals surface area contributed by atoms with Gasteiger partial charge >= 0.3 is 0 Å². The third-order valence-electron chi connectivity index (χ3n) is 2.98. The minimum absolute atomic E-state index is 0.101. The van der Waals surface area contributed by atoms with Crippen molar-refractivity contribution >= 4 is 0 Å². The predicted molar refractivity (Wildman–Crippen MR) is 48.6 cm³/mol. The molecular formula is C9H14N2O2. The number of fused-ring (bicyclic) bond motifs is 1. The van der Waals surface area contributed by atoms with Crippen LogP contribution in [0.15, 0.2) is 11.9 Å². The molecule has 2 unspecified atom stereocenters. The van der Waals surface area contributed by atoms with Crippen LogP contribution in [0.3, 0.4) is 0 Å². The summed E-state index contributed by atoms with van der Waals surface area (Å²) in [5.74, 6) is 0. The molecular weight excluding hydrogens is 168 g/mol. The molecule has 2 aliphatic rings. The van der Waals surface area contributed by atoms with Crippen LogP contribution in [0.1, 0.15) is 32.6 Å². The van der Waals surface area contributed by atoms with Gasteiger partial charge in [-0.05, 0) is 19.8 Å². The Hall–Kier alpha value is -0.900. The molecule has 0 aromatic carbocycles. The number of rotatable bonds is 0. The standard InChI is InChI=1S/C9H14N2O2/c1-7-6-10(12)8-4-2-3-5-9(8)11(7)13/h6,8-9H,2-5H2,1H3. The fourth-order valence-corrected chi connectivity index (χ4v) is 2.26. The maximum atomic E-state index is 11.6. The molecule has 13 heavy (non-hydrogen) atoms. The molecule has 0 N–H and O–H groups in total. The molecule has 1 aliphatic heterocycles. The van der Waals surface area contributed by atoms with Crippen LogP contribution in [0.4, 0.5) is 0 Å². The van der Waals surface area contributed by atoms with Crippen LogP contribution in [0.25, 0.3) is 0 Å². The van der Waals surface area contributed by atoms with E-state index < -0.39 is 0 Å². The number of allylic oxidation sites excluding steroid dienone is 1. The van der Waals surface area contributed by atoms with Crippen LogP contribution in [0.5, 0.6) is 0 Å². The highest BCUT2D eigenvalue weighted by atomic mass is 16.5. The average Bonchev–Trinajstić information content (AvgIpc) is 2.15. The van der Waals surface area contributed by atoms with Crippen molar-refractivity contribution < 1.29 is 4.76 Å². The third kappa shape index (κ3) is 1.35. The summed E-state index contributed by atoms with van der Waals surface area (Å²) in [5.41, 5.74) is 0.540. The van der Waals surface area contributed by atoms with Gasteiger partial charge in [0.15, 0.2) is 0 Å². The molecule has 1 aliphatic carbocycles. The van der Waals surface area contributed by atoms with E-state index in [1.165, 1.54) is 6.20 Å². The maximum Gasteiger partial charge on any atom is 0.239 e. The van der Waals surface area contributed by atoms with E-state index in [-0.39, 0.29) is 12.1 Å². The summed E-state index contributed by atoms with van der Waals surface area (Å²) >= 11 is 0. The molecule has 4 heteroatoms. The molecule has 2 rings (SSSR count). The Labute approximate surface area is 77.4 Å². The second-order valence-corrected chi connectivity index (χ2v) is 3.88. The van der Waals surface area contributed by atoms with E-state index in [4.69, 9.17) is 0 Å². The molecule has 0 amide bonds. The highest BCUT2D eigenvalue weighted by molar-refractivity contribution is 5.03. The van der Waals surface area contributed by atoms with Crippen LogP contribution >= 0.6 is 0 Å². The van der Waals surface area contributed by atoms with Gasteiger partial charge in [0.05, 0.1) is 11.7 Å². The lowest BCUT2D eigenvalue weighted by Gasteiger charge is -2.43. The molecule has 0 aromatic rings. The second-order valence-electron chi connectivity index (χ2n) is 3.88. The molecule has 0 bridgehead atoms. The van der Waals surface area contributed by atoms with Gasteiger partial charge in [0.1, 0.15) is 0 Å². The topological polar surface area (TPSA) is 46.4 Å². The smallest absolute Gasteiger partial charge is 0.239 e. The number of hydroxylamine groups is 2. The summed E-state index contributed by atoms with van der Waals surface area (Å²) in [6.45, 7) is 1.70. The first-order valence-corrected chi connectivity index (χ1v) is 4.80. The Morgan fingerprint density at radius 2 is 2.23 bits per heavy atom. The van der Waals surface area contributed by atoms with Crippen molar-refractivity contribution in [1.29, 1.82) is 0 Å². The molecule has 0 saturated heterocycles. The number of nitrogens with zero attached hydrogens (tertiary/aromatic N) is 2. The lowest BCUT2D eigenvalue weighted by Crippen LogP contribution is -2.49. The summed E-state index contributed by atoms with van der Waals surface area (Å²) in [6.07, 6.45) is 5.27. The molecule has 4 nitrogen and oxygen atoms in total. The van der Waals surface area contributed by atoms with Crippen molar-refractivity contribution in [2.45, 2.75) is 44.7 Å². The molecule has 72 valence electrons. The zero-order valence-electron chi connectivity index (χ0n) is 7.77. The third-order valence-corrected chi connectivity index (χ3v) is 2.98. The van der Waals surface area contributed by atoms with Gasteiger partial charge in [0.2, 0.25) is 12.2 Å². The van der Waals surface area contributed by atoms with Crippen LogP contribution in [0, 0.1) is 10.1 Å². The average molecular weight is 182 g/mol. The Balaban J connectivity index is 2.26. The van der Waals surface area contributed by atoms with Crippen LogP contribution in [-0.2, 0) is 0 Å². The van der Waals surface area contributed by atoms with Crippen molar-refractivity contribution in [2.75, 3.05) is 0 Å². The summed E-state index contributed by atoms with van der Waals surface area (Å²) in [5, 5.41) is 12.6. The minimum atomic E-state index is -0.102. The van der Waals surface area contributed by atoms with E-state index in [9.17, 15) is 10.1 Å². The molecule has 2 atom stereocenters. The number of hydrogen-bond donors (Lipinski definition) is 0. The van der Waals surface area contributed by atoms with Gasteiger partial charge in [-0.3, -0.25) is 0 Å². The lowest BCUT2D eigenvalue weighted by atomic mass is 9.89. The molecule has 0 spiro atoms. The summed E-state index contributed by atoms with van der Waals surface area (Å²) in [7, 11) is 0. The Morgan fingerprint density at radius 1 is 1.54 bits per heavy atom. The van der Waals surface area contributed by atoms with Crippen LogP contribution in [-0.4, -0.2) is 21.9 Å². The van der Waals surface area contributed by atoms with Crippen molar-refractivity contribution in [3.63, 3.8) is 0 Å². The van der Waals surface area contributed by atoms with Crippen LogP contribution < -0.4 is 0 Å². The van der Waals surface area contributed by atoms with Crippen LogP contribution in [0.2, 0.25) is 0 Å². The monoisotopic (exact) mass is 182 g/mol. The normalized spacial score (nSPS) is 34.2. The highest BCUT2D eigenvalue weighted by Gasteiger charge is 2.40. The van der Waals surface area contributed by atoms with E-state index in [1.54, 1.807) is 6.92 Å². The van der Waals surface area contributed by atoms with Gasteiger partial charge in [0.25, 0.3) is 0 Å². The van der Waals surface area contributed by atoms with Crippen molar-refractivity contribution in [2.24, 2.45) is 0 Å². The van der Waals surface area contributed by atoms with Gasteiger partial charge < -0.3 is 10.3 Å². The van der Waals surface area contributed by atoms with Crippen molar-refractivity contribution in [3.8, 4) is 0 Å². The first kappa shape index (κ1) is 8.69. The summed E-state index contributed by atoms with van der Waals surface area (Å²) in [6, 6.07) is -0.203. The zero-order valence-corrected chi connectivity index (χ0v) is 7.77. The van der Waals surface area contributed by atoms with E-state index in [1.807, 2.05) is 0 Å². The zero-order chi connectivity index (χ0) is 9.42. The quantitative estimate of drug-likeness (QED) is 0.536. The largest absolute Gasteiger partial charge is 0.758 e. The molecule has 1 saturated carbocycles. The van der Waals surface area contributed by atoms with Gasteiger partial charge in [0, 0.05) is 16.1 Å². The Bertz CT molecular complexity index is 262. The molecule has 1 heterocycles. The fraction of sp³-hybridized carbons (Fsp3) is 0.778. The first-order valence-electron chi connectivity index (χ1n) is 4.80. The van der Waals surface area contributed by atoms with Gasteiger partial charge in [-0.15, -0.1) is 0 Å². The van der Waals surface area contributed by atoms with Crippen molar-refractivity contribution in [1.82, 2.24) is 5.06 Å². The summed E-state index contributed by atoms with van der Waals surface area (Å²) < 4.78 is 0.966.